The molecule has 96 valence electrons. The van der Waals surface area contributed by atoms with Crippen molar-refractivity contribution in [3.8, 4) is 10.6 Å². The second kappa shape index (κ2) is 4.43. The lowest BCUT2D eigenvalue weighted by atomic mass is 10.2. The predicted molar refractivity (Wildman–Crippen MR) is 74.4 cm³/mol. The number of fused-ring (bicyclic) bond motifs is 1. The highest BCUT2D eigenvalue weighted by Crippen LogP contribution is 2.34. The summed E-state index contributed by atoms with van der Waals surface area (Å²) >= 11 is 6.78. The summed E-state index contributed by atoms with van der Waals surface area (Å²) < 4.78 is 28.1. The molecule has 2 nitrogen and oxygen atoms in total. The lowest BCUT2D eigenvalue weighted by Gasteiger charge is -2.00. The third-order valence-electron chi connectivity index (χ3n) is 2.65. The first-order chi connectivity index (χ1) is 9.04. The Kier molecular flexibility index (Phi) is 2.88. The van der Waals surface area contributed by atoms with Crippen LogP contribution in [-0.4, -0.2) is 4.98 Å². The molecular formula is C13H7ClF2N2S. The molecule has 2 N–H and O–H groups in total. The molecule has 6 heteroatoms. The van der Waals surface area contributed by atoms with Crippen molar-refractivity contribution in [2.75, 3.05) is 5.73 Å². The summed E-state index contributed by atoms with van der Waals surface area (Å²) in [7, 11) is 0. The fourth-order valence-electron chi connectivity index (χ4n) is 1.74. The van der Waals surface area contributed by atoms with E-state index in [1.807, 2.05) is 0 Å². The minimum Gasteiger partial charge on any atom is -0.399 e. The normalized spacial score (nSPS) is 11.1. The molecule has 0 atom stereocenters. The van der Waals surface area contributed by atoms with E-state index in [1.54, 1.807) is 18.2 Å². The molecule has 0 fully saturated rings. The van der Waals surface area contributed by atoms with Crippen LogP contribution in [-0.2, 0) is 0 Å². The minimum absolute atomic E-state index is 0.0988. The Hall–Kier alpha value is -1.72. The maximum atomic E-state index is 13.8. The molecule has 0 aliphatic carbocycles. The molecule has 0 spiro atoms. The molecule has 0 unspecified atom stereocenters. The van der Waals surface area contributed by atoms with Gasteiger partial charge < -0.3 is 5.73 Å². The van der Waals surface area contributed by atoms with Gasteiger partial charge in [-0.2, -0.15) is 0 Å². The van der Waals surface area contributed by atoms with E-state index < -0.39 is 11.6 Å². The fraction of sp³-hybridized carbons (Fsp3) is 0. The van der Waals surface area contributed by atoms with E-state index in [1.165, 1.54) is 11.3 Å². The van der Waals surface area contributed by atoms with Crippen molar-refractivity contribution in [3.63, 3.8) is 0 Å². The molecule has 2 aromatic carbocycles. The van der Waals surface area contributed by atoms with Gasteiger partial charge in [0.05, 0.1) is 15.2 Å². The summed E-state index contributed by atoms with van der Waals surface area (Å²) in [5, 5.41) is 0.153. The van der Waals surface area contributed by atoms with Crippen LogP contribution in [0.1, 0.15) is 0 Å². The molecule has 3 rings (SSSR count). The summed E-state index contributed by atoms with van der Waals surface area (Å²) in [5.74, 6) is -1.27. The van der Waals surface area contributed by atoms with Crippen molar-refractivity contribution < 1.29 is 8.78 Å². The SMILES string of the molecule is Nc1ccc2nc(-c3cc(F)c(Cl)cc3F)sc2c1. The summed E-state index contributed by atoms with van der Waals surface area (Å²) in [6, 6.07) is 7.21. The molecule has 1 heterocycles. The highest BCUT2D eigenvalue weighted by Gasteiger charge is 2.14. The Morgan fingerprint density at radius 3 is 2.68 bits per heavy atom. The van der Waals surface area contributed by atoms with Crippen LogP contribution in [0.5, 0.6) is 0 Å². The second-order valence-electron chi connectivity index (χ2n) is 3.99. The summed E-state index contributed by atoms with van der Waals surface area (Å²) in [6.07, 6.45) is 0. The van der Waals surface area contributed by atoms with E-state index in [2.05, 4.69) is 4.98 Å². The molecule has 0 saturated heterocycles. The van der Waals surface area contributed by atoms with E-state index in [-0.39, 0.29) is 10.6 Å². The first kappa shape index (κ1) is 12.3. The summed E-state index contributed by atoms with van der Waals surface area (Å²) in [5.41, 5.74) is 7.07. The predicted octanol–water partition coefficient (Wildman–Crippen LogP) is 4.48. The molecule has 1 aromatic heterocycles. The lowest BCUT2D eigenvalue weighted by Crippen LogP contribution is -1.87. The van der Waals surface area contributed by atoms with Crippen molar-refractivity contribution in [1.82, 2.24) is 4.98 Å². The van der Waals surface area contributed by atoms with E-state index in [0.29, 0.717) is 16.2 Å². The van der Waals surface area contributed by atoms with Gasteiger partial charge in [0, 0.05) is 11.3 Å². The Bertz CT molecular complexity index is 786. The number of aromatic nitrogens is 1. The third-order valence-corrected chi connectivity index (χ3v) is 3.99. The monoisotopic (exact) mass is 296 g/mol. The van der Waals surface area contributed by atoms with Crippen molar-refractivity contribution in [1.29, 1.82) is 0 Å². The van der Waals surface area contributed by atoms with Gasteiger partial charge in [0.15, 0.2) is 0 Å². The molecule has 19 heavy (non-hydrogen) atoms. The number of rotatable bonds is 1. The summed E-state index contributed by atoms with van der Waals surface area (Å²) in [6.45, 7) is 0. The number of nitrogens with two attached hydrogens (primary N) is 1. The van der Waals surface area contributed by atoms with Gasteiger partial charge >= 0.3 is 0 Å². The number of anilines is 1. The number of halogens is 3. The van der Waals surface area contributed by atoms with E-state index >= 15 is 0 Å². The van der Waals surface area contributed by atoms with Gasteiger partial charge in [0.2, 0.25) is 0 Å². The van der Waals surface area contributed by atoms with Gasteiger partial charge in [0.1, 0.15) is 16.6 Å². The van der Waals surface area contributed by atoms with E-state index in [9.17, 15) is 8.78 Å². The average molecular weight is 297 g/mol. The standard InChI is InChI=1S/C13H7ClF2N2S/c14-8-5-9(15)7(4-10(8)16)13-18-11-2-1-6(17)3-12(11)19-13/h1-5H,17H2. The van der Waals surface area contributed by atoms with Gasteiger partial charge in [-0.25, -0.2) is 13.8 Å². The van der Waals surface area contributed by atoms with Gasteiger partial charge in [0.25, 0.3) is 0 Å². The zero-order valence-corrected chi connectivity index (χ0v) is 11.0. The molecule has 0 aliphatic heterocycles. The molecule has 0 aliphatic rings. The quantitative estimate of drug-likeness (QED) is 0.531. The van der Waals surface area contributed by atoms with Crippen LogP contribution in [0.3, 0.4) is 0 Å². The van der Waals surface area contributed by atoms with Crippen LogP contribution in [0.4, 0.5) is 14.5 Å². The maximum absolute atomic E-state index is 13.8. The first-order valence-electron chi connectivity index (χ1n) is 5.35. The Morgan fingerprint density at radius 1 is 1.11 bits per heavy atom. The molecule has 0 bridgehead atoms. The van der Waals surface area contributed by atoms with Crippen LogP contribution >= 0.6 is 22.9 Å². The van der Waals surface area contributed by atoms with Gasteiger partial charge in [-0.1, -0.05) is 11.6 Å². The fourth-order valence-corrected chi connectivity index (χ4v) is 2.93. The van der Waals surface area contributed by atoms with Gasteiger partial charge in [-0.3, -0.25) is 0 Å². The molecule has 0 saturated carbocycles. The smallest absolute Gasteiger partial charge is 0.142 e. The van der Waals surface area contributed by atoms with Crippen molar-refractivity contribution in [3.05, 3.63) is 47.0 Å². The van der Waals surface area contributed by atoms with Gasteiger partial charge in [-0.15, -0.1) is 11.3 Å². The Labute approximate surface area is 116 Å². The minimum atomic E-state index is -0.670. The van der Waals surface area contributed by atoms with Crippen LogP contribution in [0.25, 0.3) is 20.8 Å². The topological polar surface area (TPSA) is 38.9 Å². The number of nitrogens with zero attached hydrogens (tertiary/aromatic N) is 1. The van der Waals surface area contributed by atoms with Crippen molar-refractivity contribution in [2.24, 2.45) is 0 Å². The zero-order chi connectivity index (χ0) is 13.6. The number of hydrogen-bond donors (Lipinski definition) is 1. The first-order valence-corrected chi connectivity index (χ1v) is 6.55. The Balaban J connectivity index is 2.21. The Morgan fingerprint density at radius 2 is 1.89 bits per heavy atom. The number of hydrogen-bond acceptors (Lipinski definition) is 3. The third kappa shape index (κ3) is 2.15. The van der Waals surface area contributed by atoms with Crippen LogP contribution in [0.2, 0.25) is 5.02 Å². The van der Waals surface area contributed by atoms with Crippen LogP contribution in [0, 0.1) is 11.6 Å². The molecule has 0 radical (unpaired) electrons. The number of nitrogen functional groups attached to an aromatic ring is 1. The second-order valence-corrected chi connectivity index (χ2v) is 5.43. The average Bonchev–Trinajstić information content (AvgIpc) is 2.76. The van der Waals surface area contributed by atoms with Crippen LogP contribution < -0.4 is 5.73 Å². The van der Waals surface area contributed by atoms with Crippen molar-refractivity contribution >= 4 is 38.8 Å². The number of thiazole rings is 1. The van der Waals surface area contributed by atoms with Crippen molar-refractivity contribution in [2.45, 2.75) is 0 Å². The van der Waals surface area contributed by atoms with Crippen LogP contribution in [0.15, 0.2) is 30.3 Å². The van der Waals surface area contributed by atoms with E-state index in [0.717, 1.165) is 16.8 Å². The number of benzene rings is 2. The molecule has 0 amide bonds. The highest BCUT2D eigenvalue weighted by atomic mass is 35.5. The largest absolute Gasteiger partial charge is 0.399 e. The maximum Gasteiger partial charge on any atom is 0.142 e. The molecule has 3 aromatic rings. The molecular weight excluding hydrogens is 290 g/mol. The zero-order valence-electron chi connectivity index (χ0n) is 9.45. The highest BCUT2D eigenvalue weighted by molar-refractivity contribution is 7.21. The van der Waals surface area contributed by atoms with Gasteiger partial charge in [-0.05, 0) is 30.3 Å². The van der Waals surface area contributed by atoms with E-state index in [4.69, 9.17) is 17.3 Å². The lowest BCUT2D eigenvalue weighted by molar-refractivity contribution is 0.603. The summed E-state index contributed by atoms with van der Waals surface area (Å²) in [4.78, 5) is 4.27.